The van der Waals surface area contributed by atoms with Crippen molar-refractivity contribution < 1.29 is 9.59 Å². The molecule has 0 bridgehead atoms. The van der Waals surface area contributed by atoms with E-state index in [1.165, 1.54) is 0 Å². The molecule has 5 aromatic rings. The predicted molar refractivity (Wildman–Crippen MR) is 150 cm³/mol. The van der Waals surface area contributed by atoms with Crippen LogP contribution in [0.1, 0.15) is 32.0 Å². The minimum atomic E-state index is -0.276. The maximum absolute atomic E-state index is 13.8. The largest absolute Gasteiger partial charge is 0.345 e. The van der Waals surface area contributed by atoms with E-state index >= 15 is 0 Å². The monoisotopic (exact) mass is 518 g/mol. The molecular weight excluding hydrogens is 496 g/mol. The second-order valence-electron chi connectivity index (χ2n) is 9.08. The summed E-state index contributed by atoms with van der Waals surface area (Å²) in [5, 5.41) is 3.19. The van der Waals surface area contributed by atoms with Crippen LogP contribution in [-0.2, 0) is 13.1 Å². The van der Waals surface area contributed by atoms with Gasteiger partial charge in [0.1, 0.15) is 0 Å². The molecule has 0 spiro atoms. The maximum Gasteiger partial charge on any atom is 0.260 e. The van der Waals surface area contributed by atoms with E-state index in [0.29, 0.717) is 29.9 Å². The Morgan fingerprint density at radius 3 is 2.53 bits per heavy atom. The third kappa shape index (κ3) is 4.46. The van der Waals surface area contributed by atoms with Crippen LogP contribution in [0.4, 0.5) is 11.4 Å². The first-order chi connectivity index (χ1) is 18.6. The Bertz CT molecular complexity index is 1660. The van der Waals surface area contributed by atoms with Crippen LogP contribution in [0.2, 0.25) is 5.02 Å². The lowest BCUT2D eigenvalue weighted by atomic mass is 10.0. The third-order valence-corrected chi connectivity index (χ3v) is 7.03. The minimum absolute atomic E-state index is 0.197. The molecule has 2 amide bonds. The van der Waals surface area contributed by atoms with Crippen LogP contribution >= 0.6 is 11.6 Å². The lowest BCUT2D eigenvalue weighted by molar-refractivity contribution is 0.0984. The molecule has 0 fully saturated rings. The summed E-state index contributed by atoms with van der Waals surface area (Å²) in [6.45, 7) is 1.13. The standard InChI is InChI=1S/C31H23ClN4O2/c32-28-17-23(34-30(37)26-11-3-2-10-25(26)21-8-5-15-33-18-21)13-14-27(28)31(38)36-20-24-9-6-16-35(24)19-22-7-1-4-12-29(22)36/h1-18H,19-20H2,(H,34,37). The van der Waals surface area contributed by atoms with Gasteiger partial charge in [0.25, 0.3) is 11.8 Å². The van der Waals surface area contributed by atoms with Gasteiger partial charge in [-0.25, -0.2) is 0 Å². The summed E-state index contributed by atoms with van der Waals surface area (Å²) in [5.74, 6) is -0.473. The summed E-state index contributed by atoms with van der Waals surface area (Å²) in [4.78, 5) is 32.9. The van der Waals surface area contributed by atoms with Gasteiger partial charge in [-0.3, -0.25) is 14.6 Å². The van der Waals surface area contributed by atoms with Gasteiger partial charge in [0.05, 0.1) is 17.1 Å². The number of nitrogens with one attached hydrogen (secondary N) is 1. The quantitative estimate of drug-likeness (QED) is 0.289. The number of aromatic nitrogens is 2. The molecule has 6 nitrogen and oxygen atoms in total. The molecule has 6 rings (SSSR count). The molecule has 186 valence electrons. The topological polar surface area (TPSA) is 67.2 Å². The van der Waals surface area contributed by atoms with Gasteiger partial charge >= 0.3 is 0 Å². The van der Waals surface area contributed by atoms with Gasteiger partial charge in [-0.15, -0.1) is 0 Å². The van der Waals surface area contributed by atoms with E-state index in [2.05, 4.69) is 14.9 Å². The van der Waals surface area contributed by atoms with E-state index in [0.717, 1.165) is 28.1 Å². The number of hydrogen-bond acceptors (Lipinski definition) is 3. The van der Waals surface area contributed by atoms with E-state index in [9.17, 15) is 9.59 Å². The van der Waals surface area contributed by atoms with Gasteiger partial charge in [0, 0.05) is 53.3 Å². The highest BCUT2D eigenvalue weighted by Crippen LogP contribution is 2.32. The first-order valence-electron chi connectivity index (χ1n) is 12.2. The van der Waals surface area contributed by atoms with Crippen molar-refractivity contribution in [2.24, 2.45) is 0 Å². The normalized spacial score (nSPS) is 12.3. The van der Waals surface area contributed by atoms with E-state index in [-0.39, 0.29) is 16.8 Å². The Hall–Kier alpha value is -4.68. The van der Waals surface area contributed by atoms with Gasteiger partial charge in [-0.2, -0.15) is 0 Å². The number of carbonyl (C=O) groups is 2. The van der Waals surface area contributed by atoms with Gasteiger partial charge < -0.3 is 14.8 Å². The molecule has 0 aliphatic carbocycles. The summed E-state index contributed by atoms with van der Waals surface area (Å²) in [6, 6.07) is 28.0. The zero-order chi connectivity index (χ0) is 26.1. The molecule has 1 aliphatic heterocycles. The Balaban J connectivity index is 1.27. The minimum Gasteiger partial charge on any atom is -0.345 e. The molecule has 38 heavy (non-hydrogen) atoms. The Kier molecular flexibility index (Phi) is 6.23. The fourth-order valence-corrected chi connectivity index (χ4v) is 5.09. The smallest absolute Gasteiger partial charge is 0.260 e. The third-order valence-electron chi connectivity index (χ3n) is 6.71. The lowest BCUT2D eigenvalue weighted by Crippen LogP contribution is -2.30. The van der Waals surface area contributed by atoms with Crippen LogP contribution in [0.3, 0.4) is 0 Å². The van der Waals surface area contributed by atoms with Crippen molar-refractivity contribution >= 4 is 34.8 Å². The molecule has 3 heterocycles. The highest BCUT2D eigenvalue weighted by Gasteiger charge is 2.26. The summed E-state index contributed by atoms with van der Waals surface area (Å²) >= 11 is 6.63. The van der Waals surface area contributed by atoms with Gasteiger partial charge in [0.15, 0.2) is 0 Å². The predicted octanol–water partition coefficient (Wildman–Crippen LogP) is 6.66. The number of anilines is 2. The number of para-hydroxylation sites is 1. The number of rotatable bonds is 4. The van der Waals surface area contributed by atoms with Crippen molar-refractivity contribution in [3.05, 3.63) is 137 Å². The number of amides is 2. The zero-order valence-electron chi connectivity index (χ0n) is 20.3. The van der Waals surface area contributed by atoms with Crippen molar-refractivity contribution in [1.82, 2.24) is 9.55 Å². The van der Waals surface area contributed by atoms with Gasteiger partial charge in [0.2, 0.25) is 0 Å². The number of carbonyl (C=O) groups excluding carboxylic acids is 2. The first kappa shape index (κ1) is 23.7. The van der Waals surface area contributed by atoms with Crippen LogP contribution in [-0.4, -0.2) is 21.4 Å². The summed E-state index contributed by atoms with van der Waals surface area (Å²) in [6.07, 6.45) is 5.44. The summed E-state index contributed by atoms with van der Waals surface area (Å²) in [5.41, 5.74) is 5.98. The highest BCUT2D eigenvalue weighted by atomic mass is 35.5. The molecule has 1 aliphatic rings. The van der Waals surface area contributed by atoms with Crippen LogP contribution < -0.4 is 10.2 Å². The van der Waals surface area contributed by atoms with Crippen LogP contribution in [0.15, 0.2) is 110 Å². The van der Waals surface area contributed by atoms with Crippen LogP contribution in [0, 0.1) is 0 Å². The number of pyridine rings is 1. The fourth-order valence-electron chi connectivity index (χ4n) is 4.83. The number of nitrogens with zero attached hydrogens (tertiary/aromatic N) is 3. The van der Waals surface area contributed by atoms with Crippen molar-refractivity contribution in [3.63, 3.8) is 0 Å². The zero-order valence-corrected chi connectivity index (χ0v) is 21.1. The average molecular weight is 519 g/mol. The Morgan fingerprint density at radius 1 is 0.842 bits per heavy atom. The number of halogens is 1. The number of benzene rings is 3. The summed E-state index contributed by atoms with van der Waals surface area (Å²) < 4.78 is 2.15. The van der Waals surface area contributed by atoms with Crippen molar-refractivity contribution in [3.8, 4) is 11.1 Å². The first-order valence-corrected chi connectivity index (χ1v) is 12.6. The molecule has 0 atom stereocenters. The fraction of sp³-hybridized carbons (Fsp3) is 0.0645. The van der Waals surface area contributed by atoms with E-state index in [1.54, 1.807) is 41.6 Å². The van der Waals surface area contributed by atoms with E-state index < -0.39 is 0 Å². The van der Waals surface area contributed by atoms with Crippen molar-refractivity contribution in [1.29, 1.82) is 0 Å². The van der Waals surface area contributed by atoms with E-state index in [1.807, 2.05) is 72.9 Å². The molecule has 7 heteroatoms. The summed E-state index contributed by atoms with van der Waals surface area (Å²) in [7, 11) is 0. The molecule has 1 N–H and O–H groups in total. The Labute approximate surface area is 225 Å². The van der Waals surface area contributed by atoms with E-state index in [4.69, 9.17) is 11.6 Å². The van der Waals surface area contributed by atoms with Crippen LogP contribution in [0.5, 0.6) is 0 Å². The second kappa shape index (κ2) is 10.00. The maximum atomic E-state index is 13.8. The van der Waals surface area contributed by atoms with Crippen molar-refractivity contribution in [2.75, 3.05) is 10.2 Å². The van der Waals surface area contributed by atoms with Gasteiger partial charge in [-0.05, 0) is 59.7 Å². The molecule has 2 aromatic heterocycles. The molecule has 0 radical (unpaired) electrons. The second-order valence-corrected chi connectivity index (χ2v) is 9.49. The van der Waals surface area contributed by atoms with Gasteiger partial charge in [-0.1, -0.05) is 54.1 Å². The molecule has 0 saturated heterocycles. The number of fused-ring (bicyclic) bond motifs is 2. The molecule has 0 saturated carbocycles. The van der Waals surface area contributed by atoms with Crippen LogP contribution in [0.25, 0.3) is 11.1 Å². The molecular formula is C31H23ClN4O2. The Morgan fingerprint density at radius 2 is 1.68 bits per heavy atom. The average Bonchev–Trinajstić information content (AvgIpc) is 3.32. The lowest BCUT2D eigenvalue weighted by Gasteiger charge is -2.23. The molecule has 0 unspecified atom stereocenters. The molecule has 3 aromatic carbocycles. The SMILES string of the molecule is O=C(Nc1ccc(C(=O)N2Cc3cccn3Cc3ccccc32)c(Cl)c1)c1ccccc1-c1cccnc1. The van der Waals surface area contributed by atoms with Crippen molar-refractivity contribution in [2.45, 2.75) is 13.1 Å². The highest BCUT2D eigenvalue weighted by molar-refractivity contribution is 6.35. The number of hydrogen-bond donors (Lipinski definition) is 1.